The Morgan fingerprint density at radius 1 is 0.938 bits per heavy atom. The van der Waals surface area contributed by atoms with E-state index in [4.69, 9.17) is 0 Å². The van der Waals surface area contributed by atoms with Crippen LogP contribution in [0.2, 0.25) is 0 Å². The molecule has 0 aliphatic carbocycles. The van der Waals surface area contributed by atoms with Gasteiger partial charge in [0.25, 0.3) is 0 Å². The van der Waals surface area contributed by atoms with E-state index in [9.17, 15) is 0 Å². The lowest BCUT2D eigenvalue weighted by Gasteiger charge is -1.77. The van der Waals surface area contributed by atoms with Crippen LogP contribution in [0.4, 0.5) is 0 Å². The van der Waals surface area contributed by atoms with Crippen molar-refractivity contribution in [2.75, 3.05) is 0 Å². The van der Waals surface area contributed by atoms with Crippen molar-refractivity contribution < 1.29 is 0 Å². The van der Waals surface area contributed by atoms with Crippen molar-refractivity contribution in [2.45, 2.75) is 41.0 Å². The van der Waals surface area contributed by atoms with E-state index in [1.54, 1.807) is 12.2 Å². The molecule has 0 aliphatic heterocycles. The zero-order valence-electron chi connectivity index (χ0n) is 11.7. The van der Waals surface area contributed by atoms with Crippen molar-refractivity contribution in [1.29, 1.82) is 0 Å². The number of hydrogen-bond donors (Lipinski definition) is 0. The molecule has 0 heterocycles. The van der Waals surface area contributed by atoms with Gasteiger partial charge in [0.15, 0.2) is 0 Å². The van der Waals surface area contributed by atoms with Crippen LogP contribution in [-0.4, -0.2) is 0 Å². The second-order valence-corrected chi connectivity index (χ2v) is 3.33. The summed E-state index contributed by atoms with van der Waals surface area (Å²) in [6.07, 6.45) is 14.5. The first-order valence-corrected chi connectivity index (χ1v) is 5.76. The molecule has 0 aromatic carbocycles. The zero-order chi connectivity index (χ0) is 13.2. The highest BCUT2D eigenvalue weighted by Crippen LogP contribution is 1.87. The lowest BCUT2D eigenvalue weighted by atomic mass is 10.3. The van der Waals surface area contributed by atoms with Gasteiger partial charge in [0.05, 0.1) is 0 Å². The molecule has 0 aromatic rings. The average Bonchev–Trinajstić information content (AvgIpc) is 2.25. The predicted octanol–water partition coefficient (Wildman–Crippen LogP) is 5.86. The molecule has 0 heteroatoms. The summed E-state index contributed by atoms with van der Waals surface area (Å²) in [6.45, 7) is 17.4. The molecule has 0 atom stereocenters. The van der Waals surface area contributed by atoms with Crippen molar-refractivity contribution in [3.05, 3.63) is 61.3 Å². The smallest absolute Gasteiger partial charge is 0.0439 e. The number of hydrogen-bond acceptors (Lipinski definition) is 0. The van der Waals surface area contributed by atoms with Gasteiger partial charge in [-0.15, -0.1) is 0 Å². The van der Waals surface area contributed by atoms with E-state index in [0.29, 0.717) is 0 Å². The van der Waals surface area contributed by atoms with Crippen LogP contribution in [0.5, 0.6) is 0 Å². The van der Waals surface area contributed by atoms with Crippen LogP contribution in [0.1, 0.15) is 41.0 Å². The Bertz CT molecular complexity index is 200. The van der Waals surface area contributed by atoms with E-state index < -0.39 is 0 Å². The van der Waals surface area contributed by atoms with E-state index in [-0.39, 0.29) is 0 Å². The van der Waals surface area contributed by atoms with E-state index in [2.05, 4.69) is 46.9 Å². The minimum atomic E-state index is 1.25. The number of allylic oxidation sites excluding steroid dienone is 8. The molecule has 0 radical (unpaired) electrons. The fourth-order valence-corrected chi connectivity index (χ4v) is 0.446. The van der Waals surface area contributed by atoms with E-state index in [1.807, 2.05) is 31.2 Å². The highest BCUT2D eigenvalue weighted by molar-refractivity contribution is 5.07. The minimum absolute atomic E-state index is 1.25. The Morgan fingerprint density at radius 3 is 1.44 bits per heavy atom. The zero-order valence-corrected chi connectivity index (χ0v) is 11.7. The van der Waals surface area contributed by atoms with Crippen molar-refractivity contribution in [1.82, 2.24) is 0 Å². The molecule has 0 amide bonds. The minimum Gasteiger partial charge on any atom is -0.0991 e. The third-order valence-corrected chi connectivity index (χ3v) is 1.01. The fraction of sp³-hybridized carbons (Fsp3) is 0.375. The van der Waals surface area contributed by atoms with Gasteiger partial charge in [-0.3, -0.25) is 0 Å². The highest BCUT2D eigenvalue weighted by Gasteiger charge is 1.65. The molecular formula is C16H28. The van der Waals surface area contributed by atoms with Gasteiger partial charge >= 0.3 is 0 Å². The molecule has 0 spiro atoms. The van der Waals surface area contributed by atoms with E-state index in [1.165, 1.54) is 12.0 Å². The lowest BCUT2D eigenvalue weighted by molar-refractivity contribution is 1.09. The van der Waals surface area contributed by atoms with Crippen LogP contribution in [-0.2, 0) is 0 Å². The SMILES string of the molecule is C/C=C/C=C(C)C.C=C/C=C\C=C.CCC. The standard InChI is InChI=1S/C7H12.C6H8.C3H8/c1-4-5-6-7(2)3;1-3-5-6-4-2;1-3-2/h4-6H,1-3H3;3-6H,1-2H2;3H2,1-2H3/b5-4+;6-5-;. The molecule has 0 aliphatic rings. The van der Waals surface area contributed by atoms with Crippen molar-refractivity contribution in [3.63, 3.8) is 0 Å². The summed E-state index contributed by atoms with van der Waals surface area (Å²) in [7, 11) is 0. The maximum absolute atomic E-state index is 3.46. The van der Waals surface area contributed by atoms with E-state index in [0.717, 1.165) is 0 Å². The number of rotatable bonds is 3. The van der Waals surface area contributed by atoms with Crippen molar-refractivity contribution in [2.24, 2.45) is 0 Å². The predicted molar refractivity (Wildman–Crippen MR) is 79.7 cm³/mol. The Balaban J connectivity index is -0.000000172. The Hall–Kier alpha value is -1.30. The lowest BCUT2D eigenvalue weighted by Crippen LogP contribution is -1.56. The van der Waals surface area contributed by atoms with Gasteiger partial charge in [0.2, 0.25) is 0 Å². The quantitative estimate of drug-likeness (QED) is 0.523. The van der Waals surface area contributed by atoms with Crippen LogP contribution in [0, 0.1) is 0 Å². The van der Waals surface area contributed by atoms with Gasteiger partial charge in [0.1, 0.15) is 0 Å². The van der Waals surface area contributed by atoms with Gasteiger partial charge in [-0.2, -0.15) is 0 Å². The maximum Gasteiger partial charge on any atom is -0.0439 e. The second kappa shape index (κ2) is 23.5. The molecule has 0 saturated heterocycles. The normalized spacial score (nSPS) is 8.56. The highest BCUT2D eigenvalue weighted by atomic mass is 13.7. The van der Waals surface area contributed by atoms with Gasteiger partial charge in [0, 0.05) is 0 Å². The molecule has 0 bridgehead atoms. The average molecular weight is 220 g/mol. The molecule has 0 nitrogen and oxygen atoms in total. The third kappa shape index (κ3) is 53.5. The fourth-order valence-electron chi connectivity index (χ4n) is 0.446. The second-order valence-electron chi connectivity index (χ2n) is 3.33. The topological polar surface area (TPSA) is 0 Å². The first kappa shape index (κ1) is 20.2. The Morgan fingerprint density at radius 2 is 1.31 bits per heavy atom. The molecular weight excluding hydrogens is 192 g/mol. The third-order valence-electron chi connectivity index (χ3n) is 1.01. The van der Waals surface area contributed by atoms with Crippen LogP contribution in [0.25, 0.3) is 0 Å². The molecule has 92 valence electrons. The molecule has 0 rings (SSSR count). The van der Waals surface area contributed by atoms with Gasteiger partial charge in [-0.05, 0) is 20.8 Å². The summed E-state index contributed by atoms with van der Waals surface area (Å²) in [6, 6.07) is 0. The molecule has 0 saturated carbocycles. The monoisotopic (exact) mass is 220 g/mol. The molecule has 0 fully saturated rings. The molecule has 0 unspecified atom stereocenters. The summed E-state index contributed by atoms with van der Waals surface area (Å²) in [5.74, 6) is 0. The van der Waals surface area contributed by atoms with Gasteiger partial charge in [-0.25, -0.2) is 0 Å². The summed E-state index contributed by atoms with van der Waals surface area (Å²) in [4.78, 5) is 0. The summed E-state index contributed by atoms with van der Waals surface area (Å²) in [5.41, 5.74) is 1.35. The van der Waals surface area contributed by atoms with Crippen molar-refractivity contribution in [3.8, 4) is 0 Å². The largest absolute Gasteiger partial charge is 0.0991 e. The maximum atomic E-state index is 3.46. The summed E-state index contributed by atoms with van der Waals surface area (Å²) in [5, 5.41) is 0. The summed E-state index contributed by atoms with van der Waals surface area (Å²) < 4.78 is 0. The molecule has 16 heavy (non-hydrogen) atoms. The first-order chi connectivity index (χ1) is 7.60. The first-order valence-electron chi connectivity index (χ1n) is 5.76. The Labute approximate surface area is 103 Å². The van der Waals surface area contributed by atoms with Crippen LogP contribution >= 0.6 is 0 Å². The summed E-state index contributed by atoms with van der Waals surface area (Å²) >= 11 is 0. The molecule has 0 N–H and O–H groups in total. The van der Waals surface area contributed by atoms with Crippen LogP contribution in [0.15, 0.2) is 61.3 Å². The van der Waals surface area contributed by atoms with Crippen LogP contribution in [0.3, 0.4) is 0 Å². The van der Waals surface area contributed by atoms with Gasteiger partial charge in [-0.1, -0.05) is 81.5 Å². The molecule has 0 aromatic heterocycles. The van der Waals surface area contributed by atoms with E-state index >= 15 is 0 Å². The Kier molecular flexibility index (Phi) is 29.6. The van der Waals surface area contributed by atoms with Crippen LogP contribution < -0.4 is 0 Å². The van der Waals surface area contributed by atoms with Crippen molar-refractivity contribution >= 4 is 0 Å². The van der Waals surface area contributed by atoms with Gasteiger partial charge < -0.3 is 0 Å².